The standard InChI is InChI=1S/C25H25ClN2O6.C2H6/c1-14(29)4-10-21(25(32)33)27-23(30)13-19-15(2)28(22-11-9-18(34-3)12-20(19)22)24(31)16-5-7-17(26)8-6-16;1-2/h5-9,11-12,21H,4,10,13H2,1-3H3,(H,27,30)(H,32,33);1-2H3/t21-;/m0./s1. The van der Waals surface area contributed by atoms with Crippen molar-refractivity contribution < 1.29 is 29.0 Å². The van der Waals surface area contributed by atoms with Gasteiger partial charge in [0.1, 0.15) is 17.6 Å². The van der Waals surface area contributed by atoms with Crippen LogP contribution in [0.15, 0.2) is 42.5 Å². The molecule has 8 nitrogen and oxygen atoms in total. The lowest BCUT2D eigenvalue weighted by molar-refractivity contribution is -0.142. The minimum absolute atomic E-state index is 0.0000238. The Morgan fingerprint density at radius 3 is 2.28 bits per heavy atom. The molecule has 0 bridgehead atoms. The molecule has 3 rings (SSSR count). The summed E-state index contributed by atoms with van der Waals surface area (Å²) in [5, 5.41) is 13.1. The lowest BCUT2D eigenvalue weighted by Crippen LogP contribution is -2.41. The Morgan fingerprint density at radius 1 is 1.08 bits per heavy atom. The number of carbonyl (C=O) groups excluding carboxylic acids is 3. The molecule has 0 fully saturated rings. The van der Waals surface area contributed by atoms with Crippen LogP contribution in [0.4, 0.5) is 0 Å². The first-order valence-electron chi connectivity index (χ1n) is 11.6. The Bertz CT molecular complexity index is 1260. The number of aliphatic carboxylic acids is 1. The molecule has 0 unspecified atom stereocenters. The number of Topliss-reactive ketones (excluding diaryl/α,β-unsaturated/α-hetero) is 1. The number of hydrogen-bond donors (Lipinski definition) is 2. The van der Waals surface area contributed by atoms with Crippen LogP contribution in [0.25, 0.3) is 10.9 Å². The molecule has 1 atom stereocenters. The zero-order valence-electron chi connectivity index (χ0n) is 21.1. The summed E-state index contributed by atoms with van der Waals surface area (Å²) in [7, 11) is 1.52. The topological polar surface area (TPSA) is 115 Å². The van der Waals surface area contributed by atoms with Gasteiger partial charge in [0.2, 0.25) is 5.91 Å². The number of ether oxygens (including phenoxy) is 1. The van der Waals surface area contributed by atoms with Crippen LogP contribution in [0.1, 0.15) is 55.2 Å². The van der Waals surface area contributed by atoms with Gasteiger partial charge >= 0.3 is 5.97 Å². The van der Waals surface area contributed by atoms with Gasteiger partial charge in [0, 0.05) is 28.1 Å². The summed E-state index contributed by atoms with van der Waals surface area (Å²) >= 11 is 5.95. The Morgan fingerprint density at radius 2 is 1.72 bits per heavy atom. The first kappa shape index (κ1) is 28.6. The van der Waals surface area contributed by atoms with E-state index in [1.165, 1.54) is 18.6 Å². The summed E-state index contributed by atoms with van der Waals surface area (Å²) in [6, 6.07) is 10.5. The van der Waals surface area contributed by atoms with Gasteiger partial charge in [-0.3, -0.25) is 14.2 Å². The maximum Gasteiger partial charge on any atom is 0.326 e. The van der Waals surface area contributed by atoms with Crippen molar-refractivity contribution >= 4 is 46.1 Å². The third-order valence-corrected chi connectivity index (χ3v) is 5.84. The van der Waals surface area contributed by atoms with Crippen molar-refractivity contribution in [3.63, 3.8) is 0 Å². The second kappa shape index (κ2) is 12.9. The van der Waals surface area contributed by atoms with Gasteiger partial charge in [0.25, 0.3) is 5.91 Å². The number of fused-ring (bicyclic) bond motifs is 1. The normalized spacial score (nSPS) is 11.3. The Kier molecular flexibility index (Phi) is 10.2. The summed E-state index contributed by atoms with van der Waals surface area (Å²) in [6.45, 7) is 7.09. The first-order chi connectivity index (χ1) is 17.1. The van der Waals surface area contributed by atoms with E-state index >= 15 is 0 Å². The molecule has 0 spiro atoms. The van der Waals surface area contributed by atoms with Crippen LogP contribution in [-0.4, -0.2) is 46.4 Å². The predicted octanol–water partition coefficient (Wildman–Crippen LogP) is 4.81. The minimum atomic E-state index is -1.21. The molecular formula is C27H31ClN2O6. The number of amides is 1. The largest absolute Gasteiger partial charge is 0.497 e. The predicted molar refractivity (Wildman–Crippen MR) is 139 cm³/mol. The lowest BCUT2D eigenvalue weighted by atomic mass is 10.1. The molecule has 0 saturated heterocycles. The van der Waals surface area contributed by atoms with Gasteiger partial charge in [-0.1, -0.05) is 25.4 Å². The quantitative estimate of drug-likeness (QED) is 0.423. The molecule has 0 aliphatic heterocycles. The number of benzene rings is 2. The Balaban J connectivity index is 0.00000222. The number of carboxylic acid groups (broad SMARTS) is 1. The molecule has 2 aromatic carbocycles. The molecule has 0 aliphatic rings. The highest BCUT2D eigenvalue weighted by Gasteiger charge is 2.25. The van der Waals surface area contributed by atoms with Gasteiger partial charge in [-0.2, -0.15) is 0 Å². The summed E-state index contributed by atoms with van der Waals surface area (Å²) in [5.41, 5.74) is 2.14. The van der Waals surface area contributed by atoms with E-state index in [4.69, 9.17) is 16.3 Å². The summed E-state index contributed by atoms with van der Waals surface area (Å²) in [5.74, 6) is -1.64. The zero-order valence-corrected chi connectivity index (χ0v) is 21.8. The number of carboxylic acids is 1. The molecule has 0 radical (unpaired) electrons. The van der Waals surface area contributed by atoms with E-state index < -0.39 is 17.9 Å². The van der Waals surface area contributed by atoms with Gasteiger partial charge in [-0.05, 0) is 68.3 Å². The van der Waals surface area contributed by atoms with E-state index in [0.29, 0.717) is 38.5 Å². The van der Waals surface area contributed by atoms with Crippen LogP contribution in [-0.2, 0) is 20.8 Å². The van der Waals surface area contributed by atoms with Crippen molar-refractivity contribution in [3.8, 4) is 5.75 Å². The average Bonchev–Trinajstić information content (AvgIpc) is 3.12. The second-order valence-electron chi connectivity index (χ2n) is 7.97. The molecule has 3 aromatic rings. The van der Waals surface area contributed by atoms with Crippen LogP contribution < -0.4 is 10.1 Å². The zero-order chi connectivity index (χ0) is 27.0. The fourth-order valence-electron chi connectivity index (χ4n) is 3.81. The van der Waals surface area contributed by atoms with Gasteiger partial charge < -0.3 is 20.0 Å². The smallest absolute Gasteiger partial charge is 0.326 e. The van der Waals surface area contributed by atoms with Crippen molar-refractivity contribution in [2.45, 2.75) is 53.0 Å². The molecule has 2 N–H and O–H groups in total. The van der Waals surface area contributed by atoms with Crippen LogP contribution in [0.5, 0.6) is 5.75 Å². The molecule has 9 heteroatoms. The second-order valence-corrected chi connectivity index (χ2v) is 8.41. The van der Waals surface area contributed by atoms with Crippen molar-refractivity contribution in [1.29, 1.82) is 0 Å². The molecule has 36 heavy (non-hydrogen) atoms. The molecular weight excluding hydrogens is 484 g/mol. The minimum Gasteiger partial charge on any atom is -0.497 e. The van der Waals surface area contributed by atoms with E-state index in [-0.39, 0.29) is 31.0 Å². The van der Waals surface area contributed by atoms with E-state index in [1.54, 1.807) is 49.4 Å². The fourth-order valence-corrected chi connectivity index (χ4v) is 3.93. The van der Waals surface area contributed by atoms with Crippen LogP contribution in [0.3, 0.4) is 0 Å². The van der Waals surface area contributed by atoms with Crippen molar-refractivity contribution in [3.05, 3.63) is 64.3 Å². The maximum atomic E-state index is 13.3. The van der Waals surface area contributed by atoms with Gasteiger partial charge in [-0.25, -0.2) is 4.79 Å². The number of nitrogens with one attached hydrogen (secondary N) is 1. The Hall–Kier alpha value is -3.65. The number of ketones is 1. The molecule has 1 aromatic heterocycles. The number of carbonyl (C=O) groups is 4. The molecule has 192 valence electrons. The number of hydrogen-bond acceptors (Lipinski definition) is 5. The third kappa shape index (κ3) is 6.73. The highest BCUT2D eigenvalue weighted by Crippen LogP contribution is 2.31. The number of nitrogens with zero attached hydrogens (tertiary/aromatic N) is 1. The lowest BCUT2D eigenvalue weighted by Gasteiger charge is -2.14. The fraction of sp³-hybridized carbons (Fsp3) is 0.333. The Labute approximate surface area is 215 Å². The van der Waals surface area contributed by atoms with E-state index in [9.17, 15) is 24.3 Å². The molecule has 0 saturated carbocycles. The van der Waals surface area contributed by atoms with Crippen LogP contribution in [0.2, 0.25) is 5.02 Å². The van der Waals surface area contributed by atoms with Gasteiger partial charge in [0.05, 0.1) is 19.0 Å². The highest BCUT2D eigenvalue weighted by molar-refractivity contribution is 6.30. The first-order valence-corrected chi connectivity index (χ1v) is 12.0. The van der Waals surface area contributed by atoms with Crippen molar-refractivity contribution in [1.82, 2.24) is 9.88 Å². The number of halogens is 1. The number of rotatable bonds is 9. The monoisotopic (exact) mass is 514 g/mol. The van der Waals surface area contributed by atoms with Gasteiger partial charge in [0.15, 0.2) is 0 Å². The van der Waals surface area contributed by atoms with Crippen LogP contribution in [0, 0.1) is 6.92 Å². The van der Waals surface area contributed by atoms with E-state index in [0.717, 1.165) is 0 Å². The van der Waals surface area contributed by atoms with Crippen molar-refractivity contribution in [2.75, 3.05) is 7.11 Å². The highest BCUT2D eigenvalue weighted by atomic mass is 35.5. The summed E-state index contributed by atoms with van der Waals surface area (Å²) in [4.78, 5) is 48.9. The van der Waals surface area contributed by atoms with Gasteiger partial charge in [-0.15, -0.1) is 0 Å². The average molecular weight is 515 g/mol. The van der Waals surface area contributed by atoms with Crippen molar-refractivity contribution in [2.24, 2.45) is 0 Å². The third-order valence-electron chi connectivity index (χ3n) is 5.59. The summed E-state index contributed by atoms with van der Waals surface area (Å²) < 4.78 is 6.84. The number of aromatic nitrogens is 1. The number of methoxy groups -OCH3 is 1. The van der Waals surface area contributed by atoms with Crippen LogP contribution >= 0.6 is 11.6 Å². The van der Waals surface area contributed by atoms with E-state index in [2.05, 4.69) is 5.32 Å². The molecule has 1 heterocycles. The molecule has 0 aliphatic carbocycles. The summed E-state index contributed by atoms with van der Waals surface area (Å²) in [6.07, 6.45) is -0.108. The SMILES string of the molecule is CC.COc1ccc2c(c1)c(CC(=O)N[C@@H](CCC(C)=O)C(=O)O)c(C)n2C(=O)c1ccc(Cl)cc1. The molecule has 1 amide bonds. The maximum absolute atomic E-state index is 13.3. The van der Waals surface area contributed by atoms with E-state index in [1.807, 2.05) is 13.8 Å².